The first kappa shape index (κ1) is 22.3. The van der Waals surface area contributed by atoms with E-state index in [0.29, 0.717) is 18.0 Å². The van der Waals surface area contributed by atoms with Crippen LogP contribution in [0.2, 0.25) is 0 Å². The summed E-state index contributed by atoms with van der Waals surface area (Å²) in [5.41, 5.74) is 3.07. The molecular formula is C25H29N3O3. The molecule has 3 aromatic rings. The van der Waals surface area contributed by atoms with Crippen LogP contribution in [0.15, 0.2) is 65.5 Å². The van der Waals surface area contributed by atoms with Crippen LogP contribution in [0.3, 0.4) is 0 Å². The number of hydrogen-bond acceptors (Lipinski definition) is 4. The number of hydrogen-bond donors (Lipinski definition) is 1. The Kier molecular flexibility index (Phi) is 7.60. The first-order valence-electron chi connectivity index (χ1n) is 10.7. The van der Waals surface area contributed by atoms with Crippen LogP contribution >= 0.6 is 0 Å². The highest BCUT2D eigenvalue weighted by atomic mass is 16.5. The van der Waals surface area contributed by atoms with Gasteiger partial charge >= 0.3 is 0 Å². The molecule has 0 saturated heterocycles. The summed E-state index contributed by atoms with van der Waals surface area (Å²) in [7, 11) is 0. The Morgan fingerprint density at radius 1 is 1.03 bits per heavy atom. The number of amides is 1. The molecule has 31 heavy (non-hydrogen) atoms. The Hall–Kier alpha value is -3.41. The lowest BCUT2D eigenvalue weighted by atomic mass is 10.1. The SMILES string of the molecule is CCCCc1ccc(NC(=O)C(C)n2nc(-c3ccc(OCC)cc3)ccc2=O)cc1. The zero-order valence-electron chi connectivity index (χ0n) is 18.3. The average molecular weight is 420 g/mol. The molecule has 6 heteroatoms. The second-order valence-corrected chi connectivity index (χ2v) is 7.42. The third kappa shape index (κ3) is 5.81. The summed E-state index contributed by atoms with van der Waals surface area (Å²) in [5.74, 6) is 0.479. The van der Waals surface area contributed by atoms with Crippen LogP contribution in [-0.2, 0) is 11.2 Å². The maximum Gasteiger partial charge on any atom is 0.267 e. The normalized spacial score (nSPS) is 11.7. The summed E-state index contributed by atoms with van der Waals surface area (Å²) >= 11 is 0. The fourth-order valence-electron chi connectivity index (χ4n) is 3.24. The molecule has 0 aliphatic rings. The van der Waals surface area contributed by atoms with E-state index in [9.17, 15) is 9.59 Å². The lowest BCUT2D eigenvalue weighted by Gasteiger charge is -2.15. The Bertz CT molecular complexity index is 1060. The molecule has 6 nitrogen and oxygen atoms in total. The van der Waals surface area contributed by atoms with Gasteiger partial charge in [0.1, 0.15) is 11.8 Å². The lowest BCUT2D eigenvalue weighted by Crippen LogP contribution is -2.33. The molecule has 162 valence electrons. The van der Waals surface area contributed by atoms with E-state index in [-0.39, 0.29) is 11.5 Å². The van der Waals surface area contributed by atoms with Gasteiger partial charge in [-0.2, -0.15) is 5.10 Å². The van der Waals surface area contributed by atoms with Gasteiger partial charge in [0.25, 0.3) is 5.56 Å². The van der Waals surface area contributed by atoms with Gasteiger partial charge in [-0.25, -0.2) is 4.68 Å². The zero-order chi connectivity index (χ0) is 22.2. The van der Waals surface area contributed by atoms with Crippen LogP contribution in [0.1, 0.15) is 45.2 Å². The number of ether oxygens (including phenoxy) is 1. The minimum Gasteiger partial charge on any atom is -0.494 e. The number of carbonyl (C=O) groups excluding carboxylic acids is 1. The zero-order valence-corrected chi connectivity index (χ0v) is 18.3. The van der Waals surface area contributed by atoms with Gasteiger partial charge in [-0.3, -0.25) is 9.59 Å². The van der Waals surface area contributed by atoms with Crippen molar-refractivity contribution in [3.63, 3.8) is 0 Å². The van der Waals surface area contributed by atoms with Crippen LogP contribution in [0.25, 0.3) is 11.3 Å². The number of benzene rings is 2. The van der Waals surface area contributed by atoms with Gasteiger partial charge < -0.3 is 10.1 Å². The van der Waals surface area contributed by atoms with Crippen molar-refractivity contribution in [3.8, 4) is 17.0 Å². The van der Waals surface area contributed by atoms with E-state index in [1.807, 2.05) is 55.5 Å². The maximum absolute atomic E-state index is 12.8. The molecule has 0 aliphatic carbocycles. The molecule has 1 unspecified atom stereocenters. The number of anilines is 1. The third-order valence-electron chi connectivity index (χ3n) is 5.07. The van der Waals surface area contributed by atoms with E-state index in [1.165, 1.54) is 16.3 Å². The molecule has 2 aromatic carbocycles. The van der Waals surface area contributed by atoms with Crippen molar-refractivity contribution in [1.82, 2.24) is 9.78 Å². The number of unbranched alkanes of at least 4 members (excludes halogenated alkanes) is 1. The summed E-state index contributed by atoms with van der Waals surface area (Å²) in [6, 6.07) is 17.6. The predicted octanol–water partition coefficient (Wildman–Crippen LogP) is 4.85. The lowest BCUT2D eigenvalue weighted by molar-refractivity contribution is -0.119. The van der Waals surface area contributed by atoms with Gasteiger partial charge in [-0.15, -0.1) is 0 Å². The molecule has 0 fully saturated rings. The minimum absolute atomic E-state index is 0.292. The summed E-state index contributed by atoms with van der Waals surface area (Å²) in [6.45, 7) is 6.35. The predicted molar refractivity (Wildman–Crippen MR) is 123 cm³/mol. The highest BCUT2D eigenvalue weighted by Gasteiger charge is 2.18. The average Bonchev–Trinajstić information content (AvgIpc) is 2.79. The molecular weight excluding hydrogens is 390 g/mol. The smallest absolute Gasteiger partial charge is 0.267 e. The van der Waals surface area contributed by atoms with Gasteiger partial charge in [0.15, 0.2) is 0 Å². The summed E-state index contributed by atoms with van der Waals surface area (Å²) < 4.78 is 6.68. The highest BCUT2D eigenvalue weighted by molar-refractivity contribution is 5.93. The molecule has 1 heterocycles. The first-order valence-corrected chi connectivity index (χ1v) is 10.7. The van der Waals surface area contributed by atoms with Crippen LogP contribution in [0.4, 0.5) is 5.69 Å². The molecule has 0 aliphatic heterocycles. The molecule has 0 saturated carbocycles. The van der Waals surface area contributed by atoms with Gasteiger partial charge in [0.2, 0.25) is 5.91 Å². The van der Waals surface area contributed by atoms with E-state index >= 15 is 0 Å². The molecule has 3 rings (SSSR count). The summed E-state index contributed by atoms with van der Waals surface area (Å²) in [5, 5.41) is 7.31. The second-order valence-electron chi connectivity index (χ2n) is 7.42. The van der Waals surface area contributed by atoms with Crippen molar-refractivity contribution in [3.05, 3.63) is 76.6 Å². The van der Waals surface area contributed by atoms with Gasteiger partial charge in [0, 0.05) is 17.3 Å². The van der Waals surface area contributed by atoms with E-state index in [4.69, 9.17) is 4.74 Å². The third-order valence-corrected chi connectivity index (χ3v) is 5.07. The largest absolute Gasteiger partial charge is 0.494 e. The van der Waals surface area contributed by atoms with E-state index in [1.54, 1.807) is 13.0 Å². The van der Waals surface area contributed by atoms with Crippen molar-refractivity contribution >= 4 is 11.6 Å². The Morgan fingerprint density at radius 2 is 1.74 bits per heavy atom. The summed E-state index contributed by atoms with van der Waals surface area (Å²) in [6.07, 6.45) is 3.31. The van der Waals surface area contributed by atoms with Crippen molar-refractivity contribution in [2.45, 2.75) is 46.1 Å². The Balaban J connectivity index is 1.74. The Labute approximate surface area is 182 Å². The van der Waals surface area contributed by atoms with Crippen LogP contribution in [-0.4, -0.2) is 22.3 Å². The highest BCUT2D eigenvalue weighted by Crippen LogP contribution is 2.21. The number of rotatable bonds is 9. The van der Waals surface area contributed by atoms with Gasteiger partial charge in [0.05, 0.1) is 12.3 Å². The van der Waals surface area contributed by atoms with Crippen molar-refractivity contribution in [2.24, 2.45) is 0 Å². The number of nitrogens with zero attached hydrogens (tertiary/aromatic N) is 2. The molecule has 0 bridgehead atoms. The number of nitrogens with one attached hydrogen (secondary N) is 1. The molecule has 1 atom stereocenters. The quantitative estimate of drug-likeness (QED) is 0.538. The fourth-order valence-corrected chi connectivity index (χ4v) is 3.24. The van der Waals surface area contributed by atoms with Crippen LogP contribution in [0.5, 0.6) is 5.75 Å². The second kappa shape index (κ2) is 10.6. The molecule has 0 radical (unpaired) electrons. The van der Waals surface area contributed by atoms with Crippen molar-refractivity contribution in [1.29, 1.82) is 0 Å². The monoisotopic (exact) mass is 419 g/mol. The minimum atomic E-state index is -0.755. The van der Waals surface area contributed by atoms with Crippen LogP contribution in [0, 0.1) is 0 Å². The first-order chi connectivity index (χ1) is 15.0. The van der Waals surface area contributed by atoms with Crippen molar-refractivity contribution < 1.29 is 9.53 Å². The number of aryl methyl sites for hydroxylation is 1. The van der Waals surface area contributed by atoms with Gasteiger partial charge in [-0.1, -0.05) is 25.5 Å². The molecule has 1 amide bonds. The van der Waals surface area contributed by atoms with E-state index in [2.05, 4.69) is 17.3 Å². The van der Waals surface area contributed by atoms with Gasteiger partial charge in [-0.05, 0) is 74.7 Å². The number of aromatic nitrogens is 2. The van der Waals surface area contributed by atoms with E-state index in [0.717, 1.165) is 30.6 Å². The molecule has 1 aromatic heterocycles. The van der Waals surface area contributed by atoms with E-state index < -0.39 is 6.04 Å². The topological polar surface area (TPSA) is 73.2 Å². The standard InChI is InChI=1S/C25H29N3O3/c1-4-6-7-19-8-12-21(13-9-19)26-25(30)18(3)28-24(29)17-16-23(27-28)20-10-14-22(15-11-20)31-5-2/h8-18H,4-7H2,1-3H3,(H,26,30). The number of carbonyl (C=O) groups is 1. The maximum atomic E-state index is 12.8. The van der Waals surface area contributed by atoms with Crippen LogP contribution < -0.4 is 15.6 Å². The Morgan fingerprint density at radius 3 is 2.39 bits per heavy atom. The van der Waals surface area contributed by atoms with Crippen molar-refractivity contribution in [2.75, 3.05) is 11.9 Å². The molecule has 1 N–H and O–H groups in total. The fraction of sp³-hybridized carbons (Fsp3) is 0.320. The summed E-state index contributed by atoms with van der Waals surface area (Å²) in [4.78, 5) is 25.1. The molecule has 0 spiro atoms.